The van der Waals surface area contributed by atoms with E-state index in [1.165, 1.54) is 5.56 Å². The van der Waals surface area contributed by atoms with Crippen LogP contribution in [0.3, 0.4) is 0 Å². The number of hydrogen-bond acceptors (Lipinski definition) is 4. The second kappa shape index (κ2) is 9.41. The Hall–Kier alpha value is -3.09. The molecule has 29 heavy (non-hydrogen) atoms. The molecule has 0 aliphatic carbocycles. The molecule has 0 unspecified atom stereocenters. The summed E-state index contributed by atoms with van der Waals surface area (Å²) in [5.41, 5.74) is 8.34. The van der Waals surface area contributed by atoms with Gasteiger partial charge in [0, 0.05) is 37.1 Å². The number of aromatic nitrogens is 1. The van der Waals surface area contributed by atoms with Crippen molar-refractivity contribution in [2.24, 2.45) is 5.92 Å². The molecule has 0 spiro atoms. The number of nitrogen functional groups attached to an aromatic ring is 1. The van der Waals surface area contributed by atoms with Crippen molar-refractivity contribution in [2.45, 2.75) is 32.6 Å². The van der Waals surface area contributed by atoms with E-state index >= 15 is 0 Å². The van der Waals surface area contributed by atoms with Crippen molar-refractivity contribution < 1.29 is 9.59 Å². The zero-order valence-corrected chi connectivity index (χ0v) is 17.0. The Balaban J connectivity index is 1.57. The number of amides is 3. The van der Waals surface area contributed by atoms with E-state index in [0.29, 0.717) is 42.9 Å². The first-order valence-electron chi connectivity index (χ1n) is 10.1. The molecule has 0 radical (unpaired) electrons. The van der Waals surface area contributed by atoms with Gasteiger partial charge in [0.15, 0.2) is 0 Å². The van der Waals surface area contributed by atoms with Crippen LogP contribution in [0.1, 0.15) is 48.5 Å². The molecule has 3 amide bonds. The minimum Gasteiger partial charge on any atom is -0.399 e. The molecule has 1 aromatic heterocycles. The minimum atomic E-state index is -0.319. The Morgan fingerprint density at radius 2 is 1.86 bits per heavy atom. The van der Waals surface area contributed by atoms with Gasteiger partial charge in [-0.1, -0.05) is 26.0 Å². The van der Waals surface area contributed by atoms with Gasteiger partial charge >= 0.3 is 6.03 Å². The first-order chi connectivity index (χ1) is 13.9. The molecule has 1 fully saturated rings. The van der Waals surface area contributed by atoms with Crippen LogP contribution in [0.25, 0.3) is 0 Å². The van der Waals surface area contributed by atoms with Crippen molar-refractivity contribution in [1.29, 1.82) is 0 Å². The number of pyridine rings is 1. The molecule has 2 aromatic rings. The smallest absolute Gasteiger partial charge is 0.320 e. The predicted molar refractivity (Wildman–Crippen MR) is 115 cm³/mol. The van der Waals surface area contributed by atoms with E-state index in [9.17, 15) is 9.59 Å². The van der Waals surface area contributed by atoms with Gasteiger partial charge in [0.25, 0.3) is 5.91 Å². The molecule has 0 saturated carbocycles. The van der Waals surface area contributed by atoms with Crippen LogP contribution in [0.2, 0.25) is 0 Å². The number of nitrogens with two attached hydrogens (primary N) is 1. The number of nitrogens with one attached hydrogen (secondary N) is 2. The molecule has 0 bridgehead atoms. The largest absolute Gasteiger partial charge is 0.399 e. The summed E-state index contributed by atoms with van der Waals surface area (Å²) >= 11 is 0. The summed E-state index contributed by atoms with van der Waals surface area (Å²) in [5.74, 6) is 1.14. The van der Waals surface area contributed by atoms with E-state index in [0.717, 1.165) is 18.5 Å². The van der Waals surface area contributed by atoms with E-state index in [1.54, 1.807) is 18.3 Å². The second-order valence-corrected chi connectivity index (χ2v) is 7.89. The molecule has 1 aliphatic heterocycles. The van der Waals surface area contributed by atoms with Gasteiger partial charge in [-0.2, -0.15) is 0 Å². The van der Waals surface area contributed by atoms with E-state index in [-0.39, 0.29) is 11.9 Å². The van der Waals surface area contributed by atoms with Crippen LogP contribution in [0.15, 0.2) is 42.6 Å². The lowest BCUT2D eigenvalue weighted by Crippen LogP contribution is -2.38. The zero-order chi connectivity index (χ0) is 20.8. The van der Waals surface area contributed by atoms with Crippen LogP contribution in [-0.4, -0.2) is 41.5 Å². The van der Waals surface area contributed by atoms with Crippen LogP contribution < -0.4 is 16.4 Å². The maximum absolute atomic E-state index is 12.9. The average molecular weight is 396 g/mol. The third-order valence-electron chi connectivity index (χ3n) is 5.11. The number of rotatable bonds is 5. The summed E-state index contributed by atoms with van der Waals surface area (Å²) in [6, 6.07) is 11.0. The van der Waals surface area contributed by atoms with Crippen LogP contribution in [0, 0.1) is 5.92 Å². The molecule has 4 N–H and O–H groups in total. The summed E-state index contributed by atoms with van der Waals surface area (Å²) in [4.78, 5) is 30.8. The van der Waals surface area contributed by atoms with Gasteiger partial charge in [-0.25, -0.2) is 9.78 Å². The van der Waals surface area contributed by atoms with E-state index < -0.39 is 0 Å². The number of benzene rings is 1. The third kappa shape index (κ3) is 5.70. The van der Waals surface area contributed by atoms with Crippen molar-refractivity contribution in [2.75, 3.05) is 30.7 Å². The monoisotopic (exact) mass is 395 g/mol. The summed E-state index contributed by atoms with van der Waals surface area (Å²) in [6.45, 7) is 6.03. The average Bonchev–Trinajstić information content (AvgIpc) is 2.73. The van der Waals surface area contributed by atoms with Crippen molar-refractivity contribution in [1.82, 2.24) is 15.2 Å². The van der Waals surface area contributed by atoms with Crippen LogP contribution >= 0.6 is 0 Å². The highest BCUT2D eigenvalue weighted by Crippen LogP contribution is 2.29. The first kappa shape index (κ1) is 20.6. The maximum Gasteiger partial charge on any atom is 0.320 e. The zero-order valence-electron chi connectivity index (χ0n) is 17.0. The van der Waals surface area contributed by atoms with Gasteiger partial charge < -0.3 is 16.0 Å². The number of anilines is 2. The van der Waals surface area contributed by atoms with Crippen LogP contribution in [-0.2, 0) is 0 Å². The summed E-state index contributed by atoms with van der Waals surface area (Å²) in [6.07, 6.45) is 3.39. The SMILES string of the molecule is CC(C)CNC(=O)Nc1cc(C(=O)N2CCC(c3ccc(N)cc3)CC2)ccn1. The van der Waals surface area contributed by atoms with Crippen molar-refractivity contribution >= 4 is 23.4 Å². The Labute approximate surface area is 171 Å². The fourth-order valence-corrected chi connectivity index (χ4v) is 3.46. The first-order valence-corrected chi connectivity index (χ1v) is 10.1. The Morgan fingerprint density at radius 3 is 2.52 bits per heavy atom. The molecule has 7 heteroatoms. The molecule has 154 valence electrons. The summed E-state index contributed by atoms with van der Waals surface area (Å²) < 4.78 is 0. The van der Waals surface area contributed by atoms with Crippen molar-refractivity contribution in [3.63, 3.8) is 0 Å². The molecular weight excluding hydrogens is 366 g/mol. The molecule has 0 atom stereocenters. The number of carbonyl (C=O) groups is 2. The van der Waals surface area contributed by atoms with Gasteiger partial charge in [-0.05, 0) is 54.5 Å². The van der Waals surface area contributed by atoms with Crippen molar-refractivity contribution in [3.05, 3.63) is 53.7 Å². The standard InChI is InChI=1S/C22H29N5O2/c1-15(2)14-25-22(29)26-20-13-18(7-10-24-20)21(28)27-11-8-17(9-12-27)16-3-5-19(23)6-4-16/h3-7,10,13,15,17H,8-9,11-12,14,23H2,1-2H3,(H2,24,25,26,29). The molecule has 3 rings (SSSR count). The topological polar surface area (TPSA) is 100 Å². The fraction of sp³-hybridized carbons (Fsp3) is 0.409. The normalized spacial score (nSPS) is 14.7. The molecule has 1 aromatic carbocycles. The Kier molecular flexibility index (Phi) is 6.69. The van der Waals surface area contributed by atoms with Gasteiger partial charge in [-0.3, -0.25) is 10.1 Å². The number of piperidine rings is 1. The number of hydrogen-bond donors (Lipinski definition) is 3. The molecule has 1 aliphatic rings. The van der Waals surface area contributed by atoms with Gasteiger partial charge in [0.05, 0.1) is 0 Å². The lowest BCUT2D eigenvalue weighted by Gasteiger charge is -2.32. The second-order valence-electron chi connectivity index (χ2n) is 7.89. The predicted octanol–water partition coefficient (Wildman–Crippen LogP) is 3.46. The minimum absolute atomic E-state index is 0.0335. The van der Waals surface area contributed by atoms with E-state index in [2.05, 4.69) is 27.8 Å². The number of urea groups is 1. The van der Waals surface area contributed by atoms with Gasteiger partial charge in [0.2, 0.25) is 0 Å². The molecule has 1 saturated heterocycles. The highest BCUT2D eigenvalue weighted by atomic mass is 16.2. The highest BCUT2D eigenvalue weighted by molar-refractivity contribution is 5.96. The van der Waals surface area contributed by atoms with Crippen LogP contribution in [0.5, 0.6) is 0 Å². The fourth-order valence-electron chi connectivity index (χ4n) is 3.46. The number of likely N-dealkylation sites (tertiary alicyclic amines) is 1. The molecule has 2 heterocycles. The number of nitrogens with zero attached hydrogens (tertiary/aromatic N) is 2. The van der Waals surface area contributed by atoms with Gasteiger partial charge in [-0.15, -0.1) is 0 Å². The third-order valence-corrected chi connectivity index (χ3v) is 5.11. The summed E-state index contributed by atoms with van der Waals surface area (Å²) in [5, 5.41) is 5.46. The molecular formula is C22H29N5O2. The Bertz CT molecular complexity index is 843. The van der Waals surface area contributed by atoms with E-state index in [4.69, 9.17) is 5.73 Å². The Morgan fingerprint density at radius 1 is 1.17 bits per heavy atom. The lowest BCUT2D eigenvalue weighted by molar-refractivity contribution is 0.0713. The molecule has 7 nitrogen and oxygen atoms in total. The lowest BCUT2D eigenvalue weighted by atomic mass is 9.89. The van der Waals surface area contributed by atoms with Crippen molar-refractivity contribution in [3.8, 4) is 0 Å². The summed E-state index contributed by atoms with van der Waals surface area (Å²) in [7, 11) is 0. The van der Waals surface area contributed by atoms with Crippen LogP contribution in [0.4, 0.5) is 16.3 Å². The highest BCUT2D eigenvalue weighted by Gasteiger charge is 2.25. The quantitative estimate of drug-likeness (QED) is 0.675. The maximum atomic E-state index is 12.9. The number of carbonyl (C=O) groups excluding carboxylic acids is 2. The van der Waals surface area contributed by atoms with Gasteiger partial charge in [0.1, 0.15) is 5.82 Å². The van der Waals surface area contributed by atoms with E-state index in [1.807, 2.05) is 30.9 Å².